The van der Waals surface area contributed by atoms with Crippen molar-refractivity contribution in [3.8, 4) is 5.92 Å². The number of hydrogen-bond donors (Lipinski definition) is 0. The van der Waals surface area contributed by atoms with Crippen molar-refractivity contribution >= 4 is 25.1 Å². The molecule has 0 aliphatic heterocycles. The first kappa shape index (κ1) is 16.1. The van der Waals surface area contributed by atoms with Gasteiger partial charge in [-0.2, -0.15) is 0 Å². The van der Waals surface area contributed by atoms with Gasteiger partial charge in [0.15, 0.2) is 0 Å². The van der Waals surface area contributed by atoms with Gasteiger partial charge >= 0.3 is 18.9 Å². The van der Waals surface area contributed by atoms with Crippen molar-refractivity contribution in [1.29, 1.82) is 0 Å². The van der Waals surface area contributed by atoms with Crippen molar-refractivity contribution in [2.75, 3.05) is 0 Å². The Morgan fingerprint density at radius 2 is 1.83 bits per heavy atom. The van der Waals surface area contributed by atoms with Crippen LogP contribution < -0.4 is 18.9 Å². The number of rotatable bonds is 0. The summed E-state index contributed by atoms with van der Waals surface area (Å²) in [6.45, 7) is 0. The van der Waals surface area contributed by atoms with Crippen LogP contribution in [-0.4, -0.2) is 25.1 Å². The molecular weight excluding hydrogens is 65.9 g/mol. The Bertz CT molecular complexity index is 54.3. The molecule has 1 nitrogen and oxygen atoms in total. The third-order valence-corrected chi connectivity index (χ3v) is 0.0589. The fraction of sp³-hybridized carbons (Fsp3) is 0. The second-order valence-electron chi connectivity index (χ2n) is 0.262. The Morgan fingerprint density at radius 3 is 1.83 bits per heavy atom. The van der Waals surface area contributed by atoms with Crippen molar-refractivity contribution < 1.29 is 23.7 Å². The molecule has 0 unspecified atom stereocenters. The van der Waals surface area contributed by atoms with Gasteiger partial charge in [0.05, 0.1) is 0 Å². The van der Waals surface area contributed by atoms with Gasteiger partial charge in [-0.25, -0.2) is 0 Å². The first-order valence-electron chi connectivity index (χ1n) is 0.774. The Balaban J connectivity index is -0.0000000450. The molecule has 0 bridgehead atoms. The zero-order valence-corrected chi connectivity index (χ0v) is 3.99. The molecule has 6 heavy (non-hydrogen) atoms. The van der Waals surface area contributed by atoms with E-state index in [1.807, 2.05) is 0 Å². The van der Waals surface area contributed by atoms with Crippen molar-refractivity contribution in [3.05, 3.63) is 6.42 Å². The molecule has 0 N–H and O–H groups in total. The second kappa shape index (κ2) is 18.1. The summed E-state index contributed by atoms with van der Waals surface area (Å²) in [6, 6.07) is 0. The minimum Gasteiger partial charge on any atom is -0.401 e. The molecule has 0 saturated carbocycles. The normalized spacial score (nSPS) is 2.50. The van der Waals surface area contributed by atoms with E-state index < -0.39 is 0 Å². The average Bonchev–Trinajstić information content (AvgIpc) is 1.37. The monoisotopic (exact) mass is 67.0 g/mol. The zero-order chi connectivity index (χ0) is 3.41. The van der Waals surface area contributed by atoms with Gasteiger partial charge in [0, 0.05) is 25.1 Å². The van der Waals surface area contributed by atoms with E-state index in [4.69, 9.17) is 11.2 Å². The fourth-order valence-corrected chi connectivity index (χ4v) is 0. The van der Waals surface area contributed by atoms with E-state index in [0.717, 1.165) is 0 Å². The summed E-state index contributed by atoms with van der Waals surface area (Å²) >= 11 is 0. The summed E-state index contributed by atoms with van der Waals surface area (Å²) in [4.78, 5) is 8.88. The number of aldehydes is 1. The molecule has 0 aromatic carbocycles. The molecule has 0 aromatic rings. The molecule has 0 spiro atoms. The van der Waals surface area contributed by atoms with E-state index in [0.29, 0.717) is 6.29 Å². The molecule has 0 fully saturated rings. The third-order valence-electron chi connectivity index (χ3n) is 0.0589. The standard InChI is InChI=1S/C3HO.2Li/c1-2-3-4;;/h3H;;/q-1;;+1. The molecule has 0 heterocycles. The van der Waals surface area contributed by atoms with Crippen molar-refractivity contribution in [3.63, 3.8) is 0 Å². The van der Waals surface area contributed by atoms with Gasteiger partial charge in [0.25, 0.3) is 0 Å². The minimum absolute atomic E-state index is 0. The molecule has 21 valence electrons. The smallest absolute Gasteiger partial charge is 0.401 e. The molecular formula is C3HLi2O. The van der Waals surface area contributed by atoms with Crippen LogP contribution >= 0.6 is 0 Å². The van der Waals surface area contributed by atoms with Gasteiger partial charge < -0.3 is 11.2 Å². The second-order valence-corrected chi connectivity index (χ2v) is 0.262. The van der Waals surface area contributed by atoms with Gasteiger partial charge in [-0.15, -0.1) is 0 Å². The van der Waals surface area contributed by atoms with Crippen molar-refractivity contribution in [1.82, 2.24) is 0 Å². The molecule has 0 aliphatic rings. The van der Waals surface area contributed by atoms with Gasteiger partial charge in [-0.1, -0.05) is 0 Å². The van der Waals surface area contributed by atoms with Crippen LogP contribution in [0.5, 0.6) is 0 Å². The first-order valence-corrected chi connectivity index (χ1v) is 0.774. The zero-order valence-electron chi connectivity index (χ0n) is 3.99. The van der Waals surface area contributed by atoms with Crippen LogP contribution in [0, 0.1) is 12.3 Å². The Labute approximate surface area is 61.2 Å². The SMILES string of the molecule is [C-]#CC=O.[Li+].[Li]. The van der Waals surface area contributed by atoms with E-state index in [-0.39, 0.29) is 37.7 Å². The van der Waals surface area contributed by atoms with Gasteiger partial charge in [0.2, 0.25) is 0 Å². The van der Waals surface area contributed by atoms with Gasteiger partial charge in [-0.05, 0) is 0 Å². The summed E-state index contributed by atoms with van der Waals surface area (Å²) in [5.41, 5.74) is 0. The van der Waals surface area contributed by atoms with Crippen LogP contribution in [0.3, 0.4) is 0 Å². The van der Waals surface area contributed by atoms with E-state index in [2.05, 4.69) is 0 Å². The minimum atomic E-state index is 0. The first-order chi connectivity index (χ1) is 1.91. The summed E-state index contributed by atoms with van der Waals surface area (Å²) < 4.78 is 0. The molecule has 3 heteroatoms. The third kappa shape index (κ3) is 25.6. The molecule has 0 saturated heterocycles. The largest absolute Gasteiger partial charge is 1.00 e. The summed E-state index contributed by atoms with van der Waals surface area (Å²) in [7, 11) is 0. The van der Waals surface area contributed by atoms with Gasteiger partial charge in [0.1, 0.15) is 0 Å². The average molecular weight is 66.9 g/mol. The maximum Gasteiger partial charge on any atom is 1.00 e. The predicted molar refractivity (Wildman–Crippen MR) is 18.9 cm³/mol. The predicted octanol–water partition coefficient (Wildman–Crippen LogP) is -3.60. The van der Waals surface area contributed by atoms with Gasteiger partial charge in [-0.3, -0.25) is 5.92 Å². The topological polar surface area (TPSA) is 17.1 Å². The van der Waals surface area contributed by atoms with E-state index in [1.165, 1.54) is 5.92 Å². The van der Waals surface area contributed by atoms with E-state index >= 15 is 0 Å². The van der Waals surface area contributed by atoms with Crippen LogP contribution in [0.25, 0.3) is 0 Å². The van der Waals surface area contributed by atoms with Crippen LogP contribution in [-0.2, 0) is 4.79 Å². The van der Waals surface area contributed by atoms with Crippen LogP contribution in [0.1, 0.15) is 0 Å². The van der Waals surface area contributed by atoms with Crippen LogP contribution in [0.2, 0.25) is 0 Å². The van der Waals surface area contributed by atoms with Crippen molar-refractivity contribution in [2.45, 2.75) is 0 Å². The number of hydrogen-bond acceptors (Lipinski definition) is 1. The Morgan fingerprint density at radius 1 is 1.67 bits per heavy atom. The summed E-state index contributed by atoms with van der Waals surface area (Å²) in [5.74, 6) is 1.50. The van der Waals surface area contributed by atoms with Crippen LogP contribution in [0.15, 0.2) is 0 Å². The number of carbonyl (C=O) groups excluding carboxylic acids is 1. The summed E-state index contributed by atoms with van der Waals surface area (Å²) in [6.07, 6.45) is 6.12. The molecule has 0 atom stereocenters. The molecule has 0 amide bonds. The van der Waals surface area contributed by atoms with Crippen molar-refractivity contribution in [2.24, 2.45) is 0 Å². The molecule has 0 aromatic heterocycles. The maximum atomic E-state index is 8.88. The summed E-state index contributed by atoms with van der Waals surface area (Å²) in [5, 5.41) is 0. The molecule has 1 radical (unpaired) electrons. The fourth-order valence-electron chi connectivity index (χ4n) is 0. The number of carbonyl (C=O) groups is 1. The Hall–Kier alpha value is 0.425. The Kier molecular flexibility index (Phi) is 48.5. The quantitative estimate of drug-likeness (QED) is 0.124. The van der Waals surface area contributed by atoms with Crippen LogP contribution in [0.4, 0.5) is 0 Å². The molecule has 0 aliphatic carbocycles. The molecule has 0 rings (SSSR count). The van der Waals surface area contributed by atoms with E-state index in [1.54, 1.807) is 0 Å². The van der Waals surface area contributed by atoms with E-state index in [9.17, 15) is 0 Å². The maximum absolute atomic E-state index is 8.88.